The topological polar surface area (TPSA) is 41.1 Å². The van der Waals surface area contributed by atoms with Crippen LogP contribution in [-0.4, -0.2) is 18.5 Å². The Hall–Kier alpha value is -1.10. The zero-order valence-corrected chi connectivity index (χ0v) is 10.9. The fourth-order valence-corrected chi connectivity index (χ4v) is 2.34. The Morgan fingerprint density at radius 2 is 2.24 bits per heavy atom. The van der Waals surface area contributed by atoms with E-state index in [1.807, 2.05) is 0 Å². The molecule has 1 amide bonds. The third-order valence-corrected chi connectivity index (χ3v) is 3.45. The highest BCUT2D eigenvalue weighted by molar-refractivity contribution is 9.10. The maximum Gasteiger partial charge on any atom is 0.242 e. The van der Waals surface area contributed by atoms with Crippen molar-refractivity contribution in [1.82, 2.24) is 5.32 Å². The van der Waals surface area contributed by atoms with Crippen molar-refractivity contribution in [2.24, 2.45) is 0 Å². The van der Waals surface area contributed by atoms with Crippen molar-refractivity contribution in [3.8, 4) is 0 Å². The van der Waals surface area contributed by atoms with Gasteiger partial charge in [0.15, 0.2) is 0 Å². The van der Waals surface area contributed by atoms with Crippen molar-refractivity contribution < 1.29 is 9.18 Å². The van der Waals surface area contributed by atoms with E-state index in [9.17, 15) is 9.18 Å². The SMILES string of the molecule is O=C1NCCCCC1Nc1ccc(F)cc1Br. The second-order valence-electron chi connectivity index (χ2n) is 4.11. The summed E-state index contributed by atoms with van der Waals surface area (Å²) < 4.78 is 13.6. The van der Waals surface area contributed by atoms with E-state index in [1.54, 1.807) is 6.07 Å². The van der Waals surface area contributed by atoms with Gasteiger partial charge in [0.25, 0.3) is 0 Å². The van der Waals surface area contributed by atoms with Gasteiger partial charge in [-0.15, -0.1) is 0 Å². The Balaban J connectivity index is 2.10. The number of carbonyl (C=O) groups excluding carboxylic acids is 1. The van der Waals surface area contributed by atoms with Crippen LogP contribution in [0.4, 0.5) is 10.1 Å². The third kappa shape index (κ3) is 3.19. The van der Waals surface area contributed by atoms with Gasteiger partial charge in [-0.25, -0.2) is 4.39 Å². The molecule has 1 atom stereocenters. The van der Waals surface area contributed by atoms with Crippen LogP contribution in [0.1, 0.15) is 19.3 Å². The van der Waals surface area contributed by atoms with Crippen LogP contribution in [-0.2, 0) is 4.79 Å². The summed E-state index contributed by atoms with van der Waals surface area (Å²) in [5.41, 5.74) is 0.744. The van der Waals surface area contributed by atoms with Gasteiger partial charge in [-0.05, 0) is 53.4 Å². The van der Waals surface area contributed by atoms with E-state index in [1.165, 1.54) is 12.1 Å². The maximum absolute atomic E-state index is 12.9. The standard InChI is InChI=1S/C12H14BrFN2O/c13-9-7-8(14)4-5-10(9)16-11-3-1-2-6-15-12(11)17/h4-5,7,11,16H,1-3,6H2,(H,15,17). The van der Waals surface area contributed by atoms with E-state index in [0.29, 0.717) is 4.47 Å². The summed E-state index contributed by atoms with van der Waals surface area (Å²) in [5.74, 6) is -0.286. The van der Waals surface area contributed by atoms with Gasteiger partial charge in [0.2, 0.25) is 5.91 Å². The average molecular weight is 301 g/mol. The molecule has 1 fully saturated rings. The largest absolute Gasteiger partial charge is 0.373 e. The van der Waals surface area contributed by atoms with E-state index >= 15 is 0 Å². The predicted molar refractivity (Wildman–Crippen MR) is 68.4 cm³/mol. The minimum atomic E-state index is -0.298. The van der Waals surface area contributed by atoms with Gasteiger partial charge in [-0.2, -0.15) is 0 Å². The van der Waals surface area contributed by atoms with Gasteiger partial charge < -0.3 is 10.6 Å². The molecule has 3 nitrogen and oxygen atoms in total. The third-order valence-electron chi connectivity index (χ3n) is 2.80. The summed E-state index contributed by atoms with van der Waals surface area (Å²) in [7, 11) is 0. The molecule has 92 valence electrons. The molecular formula is C12H14BrFN2O. The normalized spacial score (nSPS) is 20.6. The van der Waals surface area contributed by atoms with Crippen molar-refractivity contribution in [2.75, 3.05) is 11.9 Å². The van der Waals surface area contributed by atoms with Crippen LogP contribution >= 0.6 is 15.9 Å². The summed E-state index contributed by atoms with van der Waals surface area (Å²) in [4.78, 5) is 11.7. The molecule has 0 aliphatic carbocycles. The van der Waals surface area contributed by atoms with Crippen molar-refractivity contribution in [2.45, 2.75) is 25.3 Å². The first-order valence-electron chi connectivity index (χ1n) is 5.66. The van der Waals surface area contributed by atoms with E-state index < -0.39 is 0 Å². The lowest BCUT2D eigenvalue weighted by atomic mass is 10.1. The quantitative estimate of drug-likeness (QED) is 0.882. The summed E-state index contributed by atoms with van der Waals surface area (Å²) in [6, 6.07) is 4.16. The molecule has 0 aromatic heterocycles. The van der Waals surface area contributed by atoms with Crippen LogP contribution < -0.4 is 10.6 Å². The van der Waals surface area contributed by atoms with Gasteiger partial charge in [0.05, 0.1) is 0 Å². The maximum atomic E-state index is 12.9. The molecule has 1 aromatic rings. The van der Waals surface area contributed by atoms with Crippen LogP contribution in [0.25, 0.3) is 0 Å². The highest BCUT2D eigenvalue weighted by Crippen LogP contribution is 2.24. The van der Waals surface area contributed by atoms with Crippen molar-refractivity contribution in [3.05, 3.63) is 28.5 Å². The van der Waals surface area contributed by atoms with Crippen molar-refractivity contribution in [1.29, 1.82) is 0 Å². The fraction of sp³-hybridized carbons (Fsp3) is 0.417. The van der Waals surface area contributed by atoms with Gasteiger partial charge >= 0.3 is 0 Å². The molecule has 0 spiro atoms. The monoisotopic (exact) mass is 300 g/mol. The predicted octanol–water partition coefficient (Wildman–Crippen LogP) is 2.67. The Morgan fingerprint density at radius 3 is 3.00 bits per heavy atom. The minimum Gasteiger partial charge on any atom is -0.373 e. The molecule has 1 heterocycles. The summed E-state index contributed by atoms with van der Waals surface area (Å²) in [6.45, 7) is 0.738. The fourth-order valence-electron chi connectivity index (χ4n) is 1.87. The molecule has 1 aromatic carbocycles. The lowest BCUT2D eigenvalue weighted by Crippen LogP contribution is -2.37. The first kappa shape index (κ1) is 12.4. The Morgan fingerprint density at radius 1 is 1.41 bits per heavy atom. The zero-order valence-electron chi connectivity index (χ0n) is 9.30. The molecule has 1 aliphatic rings. The van der Waals surface area contributed by atoms with Crippen molar-refractivity contribution >= 4 is 27.5 Å². The summed E-state index contributed by atoms with van der Waals surface area (Å²) in [5, 5.41) is 6.00. The van der Waals surface area contributed by atoms with Gasteiger partial charge in [-0.1, -0.05) is 0 Å². The molecule has 0 saturated carbocycles. The van der Waals surface area contributed by atoms with Gasteiger partial charge in [0.1, 0.15) is 11.9 Å². The van der Waals surface area contributed by atoms with E-state index in [0.717, 1.165) is 31.5 Å². The summed E-state index contributed by atoms with van der Waals surface area (Å²) >= 11 is 3.28. The Labute approximate surface area is 108 Å². The lowest BCUT2D eigenvalue weighted by Gasteiger charge is -2.17. The number of anilines is 1. The molecule has 2 N–H and O–H groups in total. The molecule has 5 heteroatoms. The number of benzene rings is 1. The van der Waals surface area contributed by atoms with Gasteiger partial charge in [-0.3, -0.25) is 4.79 Å². The summed E-state index contributed by atoms with van der Waals surface area (Å²) in [6.07, 6.45) is 2.82. The van der Waals surface area contributed by atoms with Crippen LogP contribution in [0.5, 0.6) is 0 Å². The second-order valence-corrected chi connectivity index (χ2v) is 4.96. The lowest BCUT2D eigenvalue weighted by molar-refractivity contribution is -0.121. The minimum absolute atomic E-state index is 0.0127. The van der Waals surface area contributed by atoms with Crippen LogP contribution in [0.2, 0.25) is 0 Å². The molecule has 2 rings (SSSR count). The Bertz CT molecular complexity index is 425. The molecule has 1 unspecified atom stereocenters. The highest BCUT2D eigenvalue weighted by Gasteiger charge is 2.20. The van der Waals surface area contributed by atoms with Crippen LogP contribution in [0, 0.1) is 5.82 Å². The number of carbonyl (C=O) groups is 1. The number of nitrogens with one attached hydrogen (secondary N) is 2. The zero-order chi connectivity index (χ0) is 12.3. The molecule has 0 radical (unpaired) electrons. The first-order chi connectivity index (χ1) is 8.16. The van der Waals surface area contributed by atoms with Gasteiger partial charge in [0, 0.05) is 16.7 Å². The molecule has 0 bridgehead atoms. The number of halogens is 2. The van der Waals surface area contributed by atoms with Crippen molar-refractivity contribution in [3.63, 3.8) is 0 Å². The Kier molecular flexibility index (Phi) is 3.99. The smallest absolute Gasteiger partial charge is 0.242 e. The molecule has 17 heavy (non-hydrogen) atoms. The number of hydrogen-bond donors (Lipinski definition) is 2. The number of amides is 1. The molecular weight excluding hydrogens is 287 g/mol. The average Bonchev–Trinajstić information content (AvgIpc) is 2.48. The van der Waals surface area contributed by atoms with E-state index in [2.05, 4.69) is 26.6 Å². The second kappa shape index (κ2) is 5.49. The van der Waals surface area contributed by atoms with E-state index in [4.69, 9.17) is 0 Å². The molecule has 1 aliphatic heterocycles. The number of hydrogen-bond acceptors (Lipinski definition) is 2. The highest BCUT2D eigenvalue weighted by atomic mass is 79.9. The first-order valence-corrected chi connectivity index (χ1v) is 6.45. The van der Waals surface area contributed by atoms with E-state index in [-0.39, 0.29) is 17.8 Å². The molecule has 1 saturated heterocycles. The number of rotatable bonds is 2. The van der Waals surface area contributed by atoms with Crippen LogP contribution in [0.3, 0.4) is 0 Å². The van der Waals surface area contributed by atoms with Crippen LogP contribution in [0.15, 0.2) is 22.7 Å².